The largest absolute Gasteiger partial charge is 0.352 e. The van der Waals surface area contributed by atoms with Gasteiger partial charge in [0.2, 0.25) is 5.91 Å². The van der Waals surface area contributed by atoms with Gasteiger partial charge in [-0.15, -0.1) is 10.8 Å². The van der Waals surface area contributed by atoms with Gasteiger partial charge in [0.1, 0.15) is 11.4 Å². The van der Waals surface area contributed by atoms with E-state index in [1.54, 1.807) is 4.31 Å². The normalized spacial score (nSPS) is 24.9. The van der Waals surface area contributed by atoms with Gasteiger partial charge in [0, 0.05) is 32.5 Å². The molecule has 1 aromatic carbocycles. The van der Waals surface area contributed by atoms with Crippen LogP contribution in [0, 0.1) is 25.7 Å². The van der Waals surface area contributed by atoms with E-state index in [4.69, 9.17) is 4.99 Å². The van der Waals surface area contributed by atoms with Crippen LogP contribution < -0.4 is 10.6 Å². The lowest BCUT2D eigenvalue weighted by Crippen LogP contribution is -2.49. The average molecular weight is 519 g/mol. The number of nitrogens with zero attached hydrogens (tertiary/aromatic N) is 2. The monoisotopic (exact) mass is 518 g/mol. The highest BCUT2D eigenvalue weighted by atomic mass is 32.3. The summed E-state index contributed by atoms with van der Waals surface area (Å²) < 4.78 is 23.8. The number of rotatable bonds is 7. The van der Waals surface area contributed by atoms with E-state index in [-0.39, 0.29) is 17.6 Å². The zero-order valence-corrected chi connectivity index (χ0v) is 22.9. The van der Waals surface area contributed by atoms with Crippen LogP contribution in [0.5, 0.6) is 0 Å². The molecule has 2 amide bonds. The Morgan fingerprint density at radius 3 is 2.36 bits per heavy atom. The first-order chi connectivity index (χ1) is 17.0. The van der Waals surface area contributed by atoms with Gasteiger partial charge in [-0.25, -0.2) is 4.31 Å². The molecule has 9 heteroatoms. The molecule has 0 aromatic heterocycles. The van der Waals surface area contributed by atoms with Crippen LogP contribution in [0.3, 0.4) is 0 Å². The molecule has 2 aliphatic heterocycles. The second-order valence-corrected chi connectivity index (χ2v) is 13.3. The van der Waals surface area contributed by atoms with Gasteiger partial charge in [-0.05, 0) is 74.1 Å². The predicted molar refractivity (Wildman–Crippen MR) is 145 cm³/mol. The van der Waals surface area contributed by atoms with Crippen LogP contribution in [0.25, 0.3) is 0 Å². The quantitative estimate of drug-likeness (QED) is 0.429. The Hall–Kier alpha value is -1.94. The zero-order chi connectivity index (χ0) is 26.1. The first-order valence-corrected chi connectivity index (χ1v) is 14.9. The summed E-state index contributed by atoms with van der Waals surface area (Å²) in [5, 5.41) is 5.90. The van der Waals surface area contributed by atoms with Gasteiger partial charge in [0.25, 0.3) is 5.91 Å². The van der Waals surface area contributed by atoms with Crippen LogP contribution >= 0.6 is 10.8 Å². The maximum Gasteiger partial charge on any atom is 0.253 e. The lowest BCUT2D eigenvalue weighted by molar-refractivity contribution is -0.125. The summed E-state index contributed by atoms with van der Waals surface area (Å²) in [4.78, 5) is 29.1. The van der Waals surface area contributed by atoms with Gasteiger partial charge >= 0.3 is 0 Å². The molecule has 0 atom stereocenters. The Morgan fingerprint density at radius 2 is 1.78 bits per heavy atom. The molecule has 0 radical (unpaired) electrons. The molecule has 36 heavy (non-hydrogen) atoms. The van der Waals surface area contributed by atoms with Gasteiger partial charge in [-0.1, -0.05) is 31.9 Å². The number of hydrogen-bond donors (Lipinski definition) is 4. The number of carbonyl (C=O) groups is 2. The number of hydrogen-bond acceptors (Lipinski definition) is 6. The van der Waals surface area contributed by atoms with E-state index in [0.29, 0.717) is 44.8 Å². The van der Waals surface area contributed by atoms with Gasteiger partial charge in [-0.3, -0.25) is 23.7 Å². The Balaban J connectivity index is 1.35. The summed E-state index contributed by atoms with van der Waals surface area (Å²) in [5.74, 6) is 2.13. The third kappa shape index (κ3) is 5.96. The Morgan fingerprint density at radius 1 is 1.17 bits per heavy atom. The Bertz CT molecular complexity index is 1000. The molecule has 4 rings (SSSR count). The van der Waals surface area contributed by atoms with Crippen molar-refractivity contribution in [2.24, 2.45) is 16.8 Å². The number of amidine groups is 1. The molecule has 2 heterocycles. The molecule has 1 saturated heterocycles. The molecular weight excluding hydrogens is 476 g/mol. The molecule has 1 aromatic rings. The second kappa shape index (κ2) is 10.8. The number of aryl methyl sites for hydroxylation is 2. The highest BCUT2D eigenvalue weighted by molar-refractivity contribution is 8.22. The van der Waals surface area contributed by atoms with E-state index >= 15 is 0 Å². The van der Waals surface area contributed by atoms with E-state index in [0.717, 1.165) is 46.8 Å². The fourth-order valence-corrected chi connectivity index (χ4v) is 7.43. The third-order valence-electron chi connectivity index (χ3n) is 8.29. The van der Waals surface area contributed by atoms with Crippen molar-refractivity contribution >= 4 is 28.4 Å². The molecule has 4 N–H and O–H groups in total. The first-order valence-electron chi connectivity index (χ1n) is 13.2. The van der Waals surface area contributed by atoms with Gasteiger partial charge in [-0.2, -0.15) is 0 Å². The molecule has 0 unspecified atom stereocenters. The van der Waals surface area contributed by atoms with Crippen LogP contribution in [-0.4, -0.2) is 55.4 Å². The van der Waals surface area contributed by atoms with Crippen molar-refractivity contribution < 1.29 is 18.7 Å². The van der Waals surface area contributed by atoms with E-state index in [1.807, 2.05) is 13.8 Å². The van der Waals surface area contributed by atoms with E-state index in [2.05, 4.69) is 29.7 Å². The first kappa shape index (κ1) is 27.1. The minimum absolute atomic E-state index is 0.0159. The third-order valence-corrected chi connectivity index (χ3v) is 10.2. The highest BCUT2D eigenvalue weighted by Crippen LogP contribution is 2.47. The summed E-state index contributed by atoms with van der Waals surface area (Å²) in [7, 11) is -2.95. The number of piperidine rings is 1. The van der Waals surface area contributed by atoms with Gasteiger partial charge < -0.3 is 10.6 Å². The van der Waals surface area contributed by atoms with Crippen molar-refractivity contribution in [3.63, 3.8) is 0 Å². The number of aliphatic imine (C=N–C) groups is 1. The van der Waals surface area contributed by atoms with Crippen molar-refractivity contribution in [1.29, 1.82) is 0 Å². The molecule has 3 aliphatic rings. The highest BCUT2D eigenvalue weighted by Gasteiger charge is 2.48. The van der Waals surface area contributed by atoms with Gasteiger partial charge in [0.15, 0.2) is 0 Å². The fraction of sp³-hybridized carbons (Fsp3) is 0.667. The summed E-state index contributed by atoms with van der Waals surface area (Å²) in [6.45, 7) is 9.22. The Labute approximate surface area is 216 Å². The zero-order valence-electron chi connectivity index (χ0n) is 22.1. The predicted octanol–water partition coefficient (Wildman–Crippen LogP) is 4.34. The van der Waals surface area contributed by atoms with Crippen LogP contribution in [0.15, 0.2) is 17.1 Å². The van der Waals surface area contributed by atoms with Crippen molar-refractivity contribution in [3.05, 3.63) is 34.4 Å². The van der Waals surface area contributed by atoms with Crippen molar-refractivity contribution in [1.82, 2.24) is 14.9 Å². The van der Waals surface area contributed by atoms with Crippen LogP contribution in [-0.2, 0) is 22.6 Å². The second-order valence-electron chi connectivity index (χ2n) is 11.1. The summed E-state index contributed by atoms with van der Waals surface area (Å²) >= 11 is 0. The van der Waals surface area contributed by atoms with Crippen LogP contribution in [0.2, 0.25) is 0 Å². The maximum absolute atomic E-state index is 12.9. The van der Waals surface area contributed by atoms with Crippen molar-refractivity contribution in [2.75, 3.05) is 18.8 Å². The van der Waals surface area contributed by atoms with E-state index in [1.165, 1.54) is 19.8 Å². The molecule has 1 aliphatic carbocycles. The molecule has 1 saturated carbocycles. The average Bonchev–Trinajstić information content (AvgIpc) is 3.13. The lowest BCUT2D eigenvalue weighted by Gasteiger charge is -2.47. The standard InChI is InChI=1S/C27H42N4O4S/c1-18-5-7-23(8-6-18)25-29-26(33)27(30-25)10-12-31(13-11-27)36(34,35)14-9-24-19(2)15-22(16-20(24)3)17-28-21(4)32/h15-16,18,23,34-35H,5-14,17H2,1-4H3,(H,28,32)(H,29,30,33). The number of amides is 2. The topological polar surface area (TPSA) is 114 Å². The maximum atomic E-state index is 12.9. The van der Waals surface area contributed by atoms with E-state index < -0.39 is 16.3 Å². The molecular formula is C27H42N4O4S. The number of carbonyl (C=O) groups excluding carboxylic acids is 2. The Kier molecular flexibility index (Phi) is 8.14. The van der Waals surface area contributed by atoms with Crippen molar-refractivity contribution in [2.45, 2.75) is 84.7 Å². The summed E-state index contributed by atoms with van der Waals surface area (Å²) in [6.07, 6.45) is 6.10. The smallest absolute Gasteiger partial charge is 0.253 e. The molecule has 1 spiro atoms. The minimum Gasteiger partial charge on any atom is -0.352 e. The summed E-state index contributed by atoms with van der Waals surface area (Å²) in [6, 6.07) is 4.10. The molecule has 2 fully saturated rings. The molecule has 0 bridgehead atoms. The van der Waals surface area contributed by atoms with Crippen molar-refractivity contribution in [3.8, 4) is 0 Å². The molecule has 8 nitrogen and oxygen atoms in total. The lowest BCUT2D eigenvalue weighted by atomic mass is 9.82. The SMILES string of the molecule is CC(=O)NCc1cc(C)c(CCS(O)(O)N2CCC3(CC2)N=C(C2CCC(C)CC2)NC3=O)c(C)c1. The van der Waals surface area contributed by atoms with Crippen LogP contribution in [0.4, 0.5) is 0 Å². The number of nitrogens with one attached hydrogen (secondary N) is 2. The summed E-state index contributed by atoms with van der Waals surface area (Å²) in [5.41, 5.74) is 3.58. The van der Waals surface area contributed by atoms with E-state index in [9.17, 15) is 18.7 Å². The number of benzene rings is 1. The fourth-order valence-electron chi connectivity index (χ4n) is 5.93. The van der Waals surface area contributed by atoms with Crippen LogP contribution in [0.1, 0.15) is 74.6 Å². The minimum atomic E-state index is -2.95. The van der Waals surface area contributed by atoms with Gasteiger partial charge in [0.05, 0.1) is 5.75 Å². The molecule has 200 valence electrons.